The SMILES string of the molecule is CC1(C(N)=O)CCN(c2c(F)cc(N)c3cccnc23)C1. The molecule has 0 spiro atoms. The van der Waals surface area contributed by atoms with Crippen LogP contribution in [-0.4, -0.2) is 24.0 Å². The highest BCUT2D eigenvalue weighted by molar-refractivity contribution is 5.99. The minimum absolute atomic E-state index is 0.358. The van der Waals surface area contributed by atoms with Crippen molar-refractivity contribution in [2.75, 3.05) is 23.7 Å². The van der Waals surface area contributed by atoms with Crippen LogP contribution in [-0.2, 0) is 4.79 Å². The lowest BCUT2D eigenvalue weighted by Crippen LogP contribution is -2.37. The van der Waals surface area contributed by atoms with Gasteiger partial charge < -0.3 is 16.4 Å². The summed E-state index contributed by atoms with van der Waals surface area (Å²) in [4.78, 5) is 17.7. The van der Waals surface area contributed by atoms with E-state index in [1.165, 1.54) is 6.07 Å². The van der Waals surface area contributed by atoms with Gasteiger partial charge in [-0.3, -0.25) is 9.78 Å². The number of carbonyl (C=O) groups excluding carboxylic acids is 1. The second-order valence-corrected chi connectivity index (χ2v) is 5.79. The summed E-state index contributed by atoms with van der Waals surface area (Å²) in [6, 6.07) is 4.88. The van der Waals surface area contributed by atoms with Crippen molar-refractivity contribution < 1.29 is 9.18 Å². The Morgan fingerprint density at radius 3 is 2.95 bits per heavy atom. The molecule has 1 aliphatic heterocycles. The second kappa shape index (κ2) is 4.58. The number of rotatable bonds is 2. The van der Waals surface area contributed by atoms with Crippen LogP contribution in [0.2, 0.25) is 0 Å². The zero-order chi connectivity index (χ0) is 15.2. The van der Waals surface area contributed by atoms with Gasteiger partial charge in [0.05, 0.1) is 16.6 Å². The summed E-state index contributed by atoms with van der Waals surface area (Å²) in [7, 11) is 0. The van der Waals surface area contributed by atoms with Gasteiger partial charge in [-0.1, -0.05) is 0 Å². The molecule has 6 heteroatoms. The van der Waals surface area contributed by atoms with Gasteiger partial charge >= 0.3 is 0 Å². The topological polar surface area (TPSA) is 85.2 Å². The molecule has 1 amide bonds. The average Bonchev–Trinajstić information content (AvgIpc) is 2.83. The molecular weight excluding hydrogens is 271 g/mol. The van der Waals surface area contributed by atoms with Crippen LogP contribution < -0.4 is 16.4 Å². The van der Waals surface area contributed by atoms with Crippen molar-refractivity contribution in [3.8, 4) is 0 Å². The molecule has 21 heavy (non-hydrogen) atoms. The summed E-state index contributed by atoms with van der Waals surface area (Å²) >= 11 is 0. The molecule has 1 fully saturated rings. The molecule has 0 radical (unpaired) electrons. The minimum Gasteiger partial charge on any atom is -0.398 e. The van der Waals surface area contributed by atoms with Gasteiger partial charge in [-0.2, -0.15) is 0 Å². The maximum Gasteiger partial charge on any atom is 0.225 e. The quantitative estimate of drug-likeness (QED) is 0.823. The van der Waals surface area contributed by atoms with Crippen LogP contribution >= 0.6 is 0 Å². The van der Waals surface area contributed by atoms with Crippen molar-refractivity contribution in [1.29, 1.82) is 0 Å². The first-order chi connectivity index (χ1) is 9.92. The van der Waals surface area contributed by atoms with E-state index in [4.69, 9.17) is 11.5 Å². The first kappa shape index (κ1) is 13.6. The summed E-state index contributed by atoms with van der Waals surface area (Å²) in [5, 5.41) is 0.710. The fourth-order valence-electron chi connectivity index (χ4n) is 2.88. The highest BCUT2D eigenvalue weighted by Crippen LogP contribution is 2.38. The normalized spacial score (nSPS) is 21.9. The number of nitrogens with two attached hydrogens (primary N) is 2. The van der Waals surface area contributed by atoms with Gasteiger partial charge in [0.1, 0.15) is 0 Å². The van der Waals surface area contributed by atoms with Crippen LogP contribution in [0.25, 0.3) is 10.9 Å². The Hall–Kier alpha value is -2.37. The number of pyridine rings is 1. The maximum atomic E-state index is 14.4. The molecule has 2 heterocycles. The Kier molecular flexibility index (Phi) is 2.97. The van der Waals surface area contributed by atoms with E-state index in [-0.39, 0.29) is 5.91 Å². The van der Waals surface area contributed by atoms with Gasteiger partial charge in [0.25, 0.3) is 0 Å². The van der Waals surface area contributed by atoms with Crippen LogP contribution in [0.1, 0.15) is 13.3 Å². The number of hydrogen-bond acceptors (Lipinski definition) is 4. The summed E-state index contributed by atoms with van der Waals surface area (Å²) in [5.41, 5.74) is 11.9. The van der Waals surface area contributed by atoms with E-state index in [2.05, 4.69) is 4.98 Å². The standard InChI is InChI=1S/C15H17FN4O/c1-15(14(18)21)4-6-20(8-15)13-10(16)7-11(17)9-3-2-5-19-12(9)13/h2-3,5,7H,4,6,8,17H2,1H3,(H2,18,21). The monoisotopic (exact) mass is 288 g/mol. The predicted octanol–water partition coefficient (Wildman–Crippen LogP) is 1.66. The van der Waals surface area contributed by atoms with Gasteiger partial charge in [-0.25, -0.2) is 4.39 Å². The van der Waals surface area contributed by atoms with E-state index in [9.17, 15) is 9.18 Å². The summed E-state index contributed by atoms with van der Waals surface area (Å²) < 4.78 is 14.4. The van der Waals surface area contributed by atoms with Crippen molar-refractivity contribution >= 4 is 28.2 Å². The zero-order valence-corrected chi connectivity index (χ0v) is 11.8. The van der Waals surface area contributed by atoms with Crippen molar-refractivity contribution in [3.63, 3.8) is 0 Å². The molecule has 2 aromatic rings. The molecule has 5 nitrogen and oxygen atoms in total. The second-order valence-electron chi connectivity index (χ2n) is 5.79. The number of primary amides is 1. The first-order valence-corrected chi connectivity index (χ1v) is 6.80. The molecule has 1 aromatic heterocycles. The number of benzene rings is 1. The number of halogens is 1. The highest BCUT2D eigenvalue weighted by atomic mass is 19.1. The largest absolute Gasteiger partial charge is 0.398 e. The molecule has 4 N–H and O–H groups in total. The number of nitrogens with zero attached hydrogens (tertiary/aromatic N) is 2. The van der Waals surface area contributed by atoms with E-state index >= 15 is 0 Å². The number of amides is 1. The van der Waals surface area contributed by atoms with Crippen molar-refractivity contribution in [2.45, 2.75) is 13.3 Å². The van der Waals surface area contributed by atoms with Crippen molar-refractivity contribution in [1.82, 2.24) is 4.98 Å². The van der Waals surface area contributed by atoms with Gasteiger partial charge in [0, 0.05) is 30.4 Å². The summed E-state index contributed by atoms with van der Waals surface area (Å²) in [6.45, 7) is 2.75. The van der Waals surface area contributed by atoms with E-state index in [0.29, 0.717) is 41.8 Å². The van der Waals surface area contributed by atoms with Crippen molar-refractivity contribution in [2.24, 2.45) is 11.1 Å². The number of anilines is 2. The number of hydrogen-bond donors (Lipinski definition) is 2. The average molecular weight is 288 g/mol. The van der Waals surface area contributed by atoms with Crippen LogP contribution in [0, 0.1) is 11.2 Å². The van der Waals surface area contributed by atoms with Crippen LogP contribution in [0.15, 0.2) is 24.4 Å². The fourth-order valence-corrected chi connectivity index (χ4v) is 2.88. The summed E-state index contributed by atoms with van der Waals surface area (Å²) in [6.07, 6.45) is 2.20. The van der Waals surface area contributed by atoms with Gasteiger partial charge in [-0.05, 0) is 31.5 Å². The molecule has 3 rings (SSSR count). The van der Waals surface area contributed by atoms with Gasteiger partial charge in [-0.15, -0.1) is 0 Å². The molecule has 0 saturated carbocycles. The highest BCUT2D eigenvalue weighted by Gasteiger charge is 2.40. The lowest BCUT2D eigenvalue weighted by molar-refractivity contribution is -0.125. The lowest BCUT2D eigenvalue weighted by Gasteiger charge is -2.24. The third-order valence-corrected chi connectivity index (χ3v) is 4.24. The smallest absolute Gasteiger partial charge is 0.225 e. The van der Waals surface area contributed by atoms with E-state index in [1.54, 1.807) is 19.2 Å². The van der Waals surface area contributed by atoms with Crippen molar-refractivity contribution in [3.05, 3.63) is 30.2 Å². The number of carbonyl (C=O) groups is 1. The third-order valence-electron chi connectivity index (χ3n) is 4.24. The Morgan fingerprint density at radius 1 is 1.52 bits per heavy atom. The van der Waals surface area contributed by atoms with Crippen LogP contribution in [0.3, 0.4) is 0 Å². The maximum absolute atomic E-state index is 14.4. The molecule has 1 aliphatic rings. The molecule has 0 aliphatic carbocycles. The van der Waals surface area contributed by atoms with E-state index in [0.717, 1.165) is 0 Å². The zero-order valence-electron chi connectivity index (χ0n) is 11.8. The minimum atomic E-state index is -0.644. The molecule has 1 unspecified atom stereocenters. The number of fused-ring (bicyclic) bond motifs is 1. The molecule has 1 atom stereocenters. The lowest BCUT2D eigenvalue weighted by atomic mass is 9.89. The van der Waals surface area contributed by atoms with E-state index in [1.807, 2.05) is 11.0 Å². The molecule has 1 aromatic carbocycles. The molecule has 110 valence electrons. The van der Waals surface area contributed by atoms with Gasteiger partial charge in [0.15, 0.2) is 5.82 Å². The molecule has 1 saturated heterocycles. The Balaban J connectivity index is 2.12. The third kappa shape index (κ3) is 2.07. The first-order valence-electron chi connectivity index (χ1n) is 6.80. The number of nitrogen functional groups attached to an aromatic ring is 1. The van der Waals surface area contributed by atoms with Crippen LogP contribution in [0.5, 0.6) is 0 Å². The Bertz CT molecular complexity index is 733. The fraction of sp³-hybridized carbons (Fsp3) is 0.333. The van der Waals surface area contributed by atoms with Gasteiger partial charge in [0.2, 0.25) is 5.91 Å². The molecular formula is C15H17FN4O. The Labute approximate surface area is 121 Å². The Morgan fingerprint density at radius 2 is 2.29 bits per heavy atom. The van der Waals surface area contributed by atoms with Crippen LogP contribution in [0.4, 0.5) is 15.8 Å². The van der Waals surface area contributed by atoms with E-state index < -0.39 is 11.2 Å². The molecule has 0 bridgehead atoms. The number of aromatic nitrogens is 1. The predicted molar refractivity (Wildman–Crippen MR) is 80.2 cm³/mol. The summed E-state index contributed by atoms with van der Waals surface area (Å²) in [5.74, 6) is -0.787.